The molecule has 20 heavy (non-hydrogen) atoms. The van der Waals surface area contributed by atoms with Gasteiger partial charge in [-0.3, -0.25) is 4.72 Å². The number of hydrogen-bond donors (Lipinski definition) is 2. The molecule has 0 spiro atoms. The van der Waals surface area contributed by atoms with Crippen LogP contribution < -0.4 is 19.9 Å². The molecule has 0 amide bonds. The molecule has 0 atom stereocenters. The van der Waals surface area contributed by atoms with Crippen LogP contribution in [-0.4, -0.2) is 32.8 Å². The quantitative estimate of drug-likeness (QED) is 0.788. The van der Waals surface area contributed by atoms with Gasteiger partial charge in [-0.05, 0) is 6.07 Å². The lowest BCUT2D eigenvalue weighted by Gasteiger charge is -2.13. The zero-order chi connectivity index (χ0) is 14.8. The number of rotatable bonds is 5. The molecule has 10 heteroatoms. The number of methoxy groups -OCH3 is 2. The summed E-state index contributed by atoms with van der Waals surface area (Å²) >= 11 is 1.06. The molecule has 0 aliphatic rings. The summed E-state index contributed by atoms with van der Waals surface area (Å²) in [5.41, 5.74) is 7.33. The van der Waals surface area contributed by atoms with Crippen LogP contribution in [0.4, 0.5) is 10.8 Å². The van der Waals surface area contributed by atoms with Gasteiger partial charge >= 0.3 is 0 Å². The number of nitrogens with zero attached hydrogens (tertiary/aromatic N) is 2. The third kappa shape index (κ3) is 2.75. The van der Waals surface area contributed by atoms with E-state index in [9.17, 15) is 8.42 Å². The Morgan fingerprint density at radius 3 is 2.50 bits per heavy atom. The zero-order valence-corrected chi connectivity index (χ0v) is 12.3. The Kier molecular flexibility index (Phi) is 3.95. The van der Waals surface area contributed by atoms with Crippen molar-refractivity contribution >= 4 is 32.2 Å². The number of anilines is 2. The molecule has 0 aliphatic heterocycles. The first-order valence-electron chi connectivity index (χ1n) is 5.28. The van der Waals surface area contributed by atoms with Gasteiger partial charge in [-0.25, -0.2) is 8.42 Å². The molecule has 1 aromatic heterocycles. The fraction of sp³-hybridized carbons (Fsp3) is 0.200. The summed E-state index contributed by atoms with van der Waals surface area (Å²) in [5.74, 6) is 0.449. The topological polar surface area (TPSA) is 116 Å². The molecule has 8 nitrogen and oxygen atoms in total. The predicted molar refractivity (Wildman–Crippen MR) is 74.7 cm³/mol. The van der Waals surface area contributed by atoms with Crippen LogP contribution in [0.2, 0.25) is 0 Å². The van der Waals surface area contributed by atoms with Crippen molar-refractivity contribution in [1.29, 1.82) is 0 Å². The van der Waals surface area contributed by atoms with E-state index in [4.69, 9.17) is 15.2 Å². The molecule has 1 heterocycles. The van der Waals surface area contributed by atoms with E-state index >= 15 is 0 Å². The molecule has 3 N–H and O–H groups in total. The molecular formula is C10H12N4O4S2. The molecule has 0 saturated carbocycles. The van der Waals surface area contributed by atoms with E-state index in [0.717, 1.165) is 11.3 Å². The molecule has 0 bridgehead atoms. The Morgan fingerprint density at radius 2 is 1.95 bits per heavy atom. The van der Waals surface area contributed by atoms with Gasteiger partial charge in [0, 0.05) is 6.07 Å². The minimum atomic E-state index is -3.88. The Hall–Kier alpha value is -2.07. The van der Waals surface area contributed by atoms with Crippen molar-refractivity contribution in [1.82, 2.24) is 10.2 Å². The number of ether oxygens (including phenoxy) is 2. The highest BCUT2D eigenvalue weighted by molar-refractivity contribution is 7.93. The van der Waals surface area contributed by atoms with Crippen LogP contribution in [0.25, 0.3) is 0 Å². The maximum Gasteiger partial charge on any atom is 0.267 e. The lowest BCUT2D eigenvalue weighted by molar-refractivity contribution is 0.387. The molecule has 2 aromatic rings. The average Bonchev–Trinajstić information content (AvgIpc) is 2.90. The Balaban J connectivity index is 2.48. The number of nitrogens with one attached hydrogen (secondary N) is 1. The van der Waals surface area contributed by atoms with Crippen LogP contribution >= 0.6 is 11.3 Å². The van der Waals surface area contributed by atoms with Crippen LogP contribution in [0.1, 0.15) is 0 Å². The summed E-state index contributed by atoms with van der Waals surface area (Å²) in [6.07, 6.45) is 0. The van der Waals surface area contributed by atoms with Crippen molar-refractivity contribution in [3.8, 4) is 11.5 Å². The normalized spacial score (nSPS) is 11.1. The molecule has 0 saturated heterocycles. The van der Waals surface area contributed by atoms with Crippen LogP contribution in [0, 0.1) is 0 Å². The Labute approximate surface area is 119 Å². The van der Waals surface area contributed by atoms with Gasteiger partial charge < -0.3 is 15.2 Å². The maximum atomic E-state index is 12.3. The van der Waals surface area contributed by atoms with Crippen molar-refractivity contribution in [2.24, 2.45) is 0 Å². The Bertz CT molecular complexity index is 700. The largest absolute Gasteiger partial charge is 0.495 e. The highest BCUT2D eigenvalue weighted by Crippen LogP contribution is 2.34. The number of hydrogen-bond acceptors (Lipinski definition) is 8. The summed E-state index contributed by atoms with van der Waals surface area (Å²) in [6.45, 7) is 0. The third-order valence-corrected chi connectivity index (χ3v) is 4.48. The van der Waals surface area contributed by atoms with E-state index in [1.807, 2.05) is 0 Å². The van der Waals surface area contributed by atoms with Gasteiger partial charge in [0.2, 0.25) is 5.13 Å². The predicted octanol–water partition coefficient (Wildman–Crippen LogP) is 0.938. The first kappa shape index (κ1) is 14.3. The summed E-state index contributed by atoms with van der Waals surface area (Å²) in [4.78, 5) is -0.103. The van der Waals surface area contributed by atoms with Gasteiger partial charge in [0.15, 0.2) is 0 Å². The average molecular weight is 316 g/mol. The molecule has 0 unspecified atom stereocenters. The number of sulfonamides is 1. The van der Waals surface area contributed by atoms with Crippen molar-refractivity contribution in [2.75, 3.05) is 24.7 Å². The zero-order valence-electron chi connectivity index (χ0n) is 10.7. The van der Waals surface area contributed by atoms with Crippen LogP contribution in [0.15, 0.2) is 22.5 Å². The van der Waals surface area contributed by atoms with E-state index in [2.05, 4.69) is 14.9 Å². The summed E-state index contributed by atoms with van der Waals surface area (Å²) in [6, 6.07) is 2.67. The van der Waals surface area contributed by atoms with Crippen molar-refractivity contribution in [3.63, 3.8) is 0 Å². The van der Waals surface area contributed by atoms with E-state index in [1.165, 1.54) is 31.9 Å². The minimum Gasteiger partial charge on any atom is -0.495 e. The standard InChI is InChI=1S/C10H12N4O4S2/c1-17-7-4-8(18-2)9(3-6(7)11)20(15,16)14-10-13-12-5-19-10/h3-5H,11H2,1-2H3,(H,13,14). The van der Waals surface area contributed by atoms with Gasteiger partial charge in [-0.1, -0.05) is 11.3 Å². The SMILES string of the molecule is COc1cc(OC)c(S(=O)(=O)Nc2nncs2)cc1N. The van der Waals surface area contributed by atoms with Crippen molar-refractivity contribution < 1.29 is 17.9 Å². The van der Waals surface area contributed by atoms with Crippen LogP contribution in [0.3, 0.4) is 0 Å². The molecule has 0 aliphatic carbocycles. The number of benzene rings is 1. The van der Waals surface area contributed by atoms with Crippen LogP contribution in [0.5, 0.6) is 11.5 Å². The number of aromatic nitrogens is 2. The number of nitrogen functional groups attached to an aromatic ring is 1. The molecule has 108 valence electrons. The molecule has 0 fully saturated rings. The van der Waals surface area contributed by atoms with Crippen molar-refractivity contribution in [2.45, 2.75) is 4.90 Å². The lowest BCUT2D eigenvalue weighted by atomic mass is 10.3. The fourth-order valence-electron chi connectivity index (χ4n) is 1.49. The molecule has 0 radical (unpaired) electrons. The lowest BCUT2D eigenvalue weighted by Crippen LogP contribution is -2.14. The fourth-order valence-corrected chi connectivity index (χ4v) is 3.37. The first-order chi connectivity index (χ1) is 9.47. The first-order valence-corrected chi connectivity index (χ1v) is 7.64. The van der Waals surface area contributed by atoms with Gasteiger partial charge in [-0.2, -0.15) is 0 Å². The summed E-state index contributed by atoms with van der Waals surface area (Å²) in [5, 5.41) is 7.33. The molecule has 2 rings (SSSR count). The van der Waals surface area contributed by atoms with Gasteiger partial charge in [0.25, 0.3) is 10.0 Å². The Morgan fingerprint density at radius 1 is 1.25 bits per heavy atom. The van der Waals surface area contributed by atoms with Gasteiger partial charge in [0.1, 0.15) is 21.9 Å². The minimum absolute atomic E-state index is 0.103. The van der Waals surface area contributed by atoms with Gasteiger partial charge in [-0.15, -0.1) is 10.2 Å². The highest BCUT2D eigenvalue weighted by atomic mass is 32.2. The molecule has 1 aromatic carbocycles. The summed E-state index contributed by atoms with van der Waals surface area (Å²) < 4.78 is 36.9. The monoisotopic (exact) mass is 316 g/mol. The van der Waals surface area contributed by atoms with Crippen LogP contribution in [-0.2, 0) is 10.0 Å². The van der Waals surface area contributed by atoms with Gasteiger partial charge in [0.05, 0.1) is 19.9 Å². The number of nitrogens with two attached hydrogens (primary N) is 1. The van der Waals surface area contributed by atoms with Crippen molar-refractivity contribution in [3.05, 3.63) is 17.6 Å². The summed E-state index contributed by atoms with van der Waals surface area (Å²) in [7, 11) is -1.09. The highest BCUT2D eigenvalue weighted by Gasteiger charge is 2.23. The second-order valence-electron chi connectivity index (χ2n) is 3.59. The smallest absolute Gasteiger partial charge is 0.267 e. The van der Waals surface area contributed by atoms with E-state index in [-0.39, 0.29) is 21.5 Å². The second kappa shape index (κ2) is 5.51. The molecular weight excluding hydrogens is 304 g/mol. The van der Waals surface area contributed by atoms with E-state index in [1.54, 1.807) is 0 Å². The second-order valence-corrected chi connectivity index (χ2v) is 6.08. The third-order valence-electron chi connectivity index (χ3n) is 2.39. The van der Waals surface area contributed by atoms with E-state index < -0.39 is 10.0 Å². The van der Waals surface area contributed by atoms with E-state index in [0.29, 0.717) is 5.75 Å². The maximum absolute atomic E-state index is 12.3.